The molecule has 0 atom stereocenters. The topological polar surface area (TPSA) is 80.4 Å². The van der Waals surface area contributed by atoms with Crippen LogP contribution in [0.2, 0.25) is 0 Å². The highest BCUT2D eigenvalue weighted by Crippen LogP contribution is 2.09. The Morgan fingerprint density at radius 1 is 0.857 bits per heavy atom. The lowest BCUT2D eigenvalue weighted by atomic mass is 10.1. The number of allylic oxidation sites excluding steroid dienone is 2. The van der Waals surface area contributed by atoms with Gasteiger partial charge < -0.3 is 5.11 Å². The van der Waals surface area contributed by atoms with Crippen molar-refractivity contribution in [2.75, 3.05) is 6.54 Å². The largest absolute Gasteiger partial charge is 0.481 e. The quantitative estimate of drug-likeness (QED) is 0.208. The molecular formula is C16H29NO4. The first-order valence-corrected chi connectivity index (χ1v) is 8.11. The smallest absolute Gasteiger partial charge is 0.303 e. The summed E-state index contributed by atoms with van der Waals surface area (Å²) in [5.74, 6) is -0.711. The number of nitrogens with zero attached hydrogens (tertiary/aromatic N) is 1. The Balaban J connectivity index is 3.11. The number of hydrogen-bond donors (Lipinski definition) is 1. The van der Waals surface area contributed by atoms with Crippen LogP contribution in [-0.2, 0) is 4.79 Å². The van der Waals surface area contributed by atoms with Gasteiger partial charge in [0.15, 0.2) is 0 Å². The van der Waals surface area contributed by atoms with Gasteiger partial charge in [-0.15, -0.1) is 0 Å². The van der Waals surface area contributed by atoms with Crippen LogP contribution in [0.5, 0.6) is 0 Å². The van der Waals surface area contributed by atoms with Crippen molar-refractivity contribution in [2.24, 2.45) is 0 Å². The van der Waals surface area contributed by atoms with Crippen molar-refractivity contribution in [3.63, 3.8) is 0 Å². The van der Waals surface area contributed by atoms with Gasteiger partial charge in [-0.25, -0.2) is 0 Å². The molecule has 0 aromatic heterocycles. The second kappa shape index (κ2) is 15.0. The van der Waals surface area contributed by atoms with Gasteiger partial charge in [-0.3, -0.25) is 14.9 Å². The highest BCUT2D eigenvalue weighted by atomic mass is 16.6. The molecule has 0 heterocycles. The minimum atomic E-state index is -0.711. The molecule has 21 heavy (non-hydrogen) atoms. The Morgan fingerprint density at radius 3 is 1.86 bits per heavy atom. The van der Waals surface area contributed by atoms with Crippen molar-refractivity contribution in [2.45, 2.75) is 77.0 Å². The maximum absolute atomic E-state index is 10.3. The normalized spacial score (nSPS) is 11.0. The zero-order valence-corrected chi connectivity index (χ0v) is 13.0. The van der Waals surface area contributed by atoms with E-state index in [2.05, 4.69) is 12.2 Å². The molecule has 0 rings (SSSR count). The van der Waals surface area contributed by atoms with Crippen molar-refractivity contribution in [1.29, 1.82) is 0 Å². The third-order valence-corrected chi connectivity index (χ3v) is 3.39. The van der Waals surface area contributed by atoms with Gasteiger partial charge in [0, 0.05) is 17.8 Å². The van der Waals surface area contributed by atoms with E-state index in [4.69, 9.17) is 5.11 Å². The van der Waals surface area contributed by atoms with Gasteiger partial charge in [0.05, 0.1) is 0 Å². The maximum Gasteiger partial charge on any atom is 0.303 e. The number of nitro groups is 1. The van der Waals surface area contributed by atoms with E-state index in [-0.39, 0.29) is 17.9 Å². The number of carboxylic acid groups (broad SMARTS) is 1. The molecule has 5 heteroatoms. The number of rotatable bonds is 15. The van der Waals surface area contributed by atoms with E-state index < -0.39 is 5.97 Å². The minimum absolute atomic E-state index is 0.108. The molecule has 0 aliphatic rings. The summed E-state index contributed by atoms with van der Waals surface area (Å²) < 4.78 is 0. The predicted molar refractivity (Wildman–Crippen MR) is 84.0 cm³/mol. The first-order chi connectivity index (χ1) is 10.1. The second-order valence-electron chi connectivity index (χ2n) is 5.43. The van der Waals surface area contributed by atoms with Crippen molar-refractivity contribution in [1.82, 2.24) is 0 Å². The molecular weight excluding hydrogens is 270 g/mol. The van der Waals surface area contributed by atoms with Gasteiger partial charge in [0.1, 0.15) is 0 Å². The lowest BCUT2D eigenvalue weighted by molar-refractivity contribution is -0.480. The Kier molecular flexibility index (Phi) is 14.0. The average molecular weight is 299 g/mol. The third-order valence-electron chi connectivity index (χ3n) is 3.39. The van der Waals surface area contributed by atoms with E-state index in [1.54, 1.807) is 0 Å². The fraction of sp³-hybridized carbons (Fsp3) is 0.812. The number of carboxylic acids is 1. The maximum atomic E-state index is 10.3. The fourth-order valence-corrected chi connectivity index (χ4v) is 2.16. The molecule has 0 radical (unpaired) electrons. The molecule has 1 N–H and O–H groups in total. The lowest BCUT2D eigenvalue weighted by Crippen LogP contribution is -1.99. The van der Waals surface area contributed by atoms with E-state index in [1.807, 2.05) is 0 Å². The summed E-state index contributed by atoms with van der Waals surface area (Å²) in [4.78, 5) is 20.2. The average Bonchev–Trinajstić information content (AvgIpc) is 2.42. The molecule has 0 amide bonds. The van der Waals surface area contributed by atoms with E-state index >= 15 is 0 Å². The van der Waals surface area contributed by atoms with Crippen LogP contribution in [0.4, 0.5) is 0 Å². The Labute approximate surface area is 127 Å². The summed E-state index contributed by atoms with van der Waals surface area (Å²) in [5, 5.41) is 18.6. The standard InChI is InChI=1S/C16H29NO4/c18-16(19)14-12-10-8-6-4-2-1-3-5-7-9-11-13-15-17(20)21/h4,6H,1-3,5,7-15H2,(H,18,19)/b6-4-. The van der Waals surface area contributed by atoms with Gasteiger partial charge in [0.25, 0.3) is 0 Å². The highest BCUT2D eigenvalue weighted by molar-refractivity contribution is 5.66. The summed E-state index contributed by atoms with van der Waals surface area (Å²) in [6.45, 7) is 0.108. The molecule has 0 saturated carbocycles. The molecule has 0 saturated heterocycles. The Bertz CT molecular complexity index is 303. The van der Waals surface area contributed by atoms with Gasteiger partial charge in [-0.2, -0.15) is 0 Å². The van der Waals surface area contributed by atoms with Crippen LogP contribution in [0.15, 0.2) is 12.2 Å². The number of hydrogen-bond acceptors (Lipinski definition) is 3. The molecule has 0 aromatic carbocycles. The van der Waals surface area contributed by atoms with E-state index in [9.17, 15) is 14.9 Å². The monoisotopic (exact) mass is 299 g/mol. The van der Waals surface area contributed by atoms with Gasteiger partial charge >= 0.3 is 5.97 Å². The highest BCUT2D eigenvalue weighted by Gasteiger charge is 1.97. The molecule has 0 aliphatic heterocycles. The number of unbranched alkanes of at least 4 members (excludes halogenated alkanes) is 9. The molecule has 5 nitrogen and oxygen atoms in total. The third kappa shape index (κ3) is 18.6. The first-order valence-electron chi connectivity index (χ1n) is 8.11. The van der Waals surface area contributed by atoms with Gasteiger partial charge in [-0.1, -0.05) is 37.8 Å². The minimum Gasteiger partial charge on any atom is -0.481 e. The van der Waals surface area contributed by atoms with Gasteiger partial charge in [-0.05, 0) is 38.5 Å². The van der Waals surface area contributed by atoms with Gasteiger partial charge in [0.2, 0.25) is 6.54 Å². The molecule has 0 spiro atoms. The van der Waals surface area contributed by atoms with Crippen LogP contribution in [0, 0.1) is 10.1 Å². The SMILES string of the molecule is O=C(O)CCCC/C=C\CCCCCCCCC[N+](=O)[O-]. The summed E-state index contributed by atoms with van der Waals surface area (Å²) in [6, 6.07) is 0. The summed E-state index contributed by atoms with van der Waals surface area (Å²) in [6.07, 6.45) is 16.0. The van der Waals surface area contributed by atoms with Crippen molar-refractivity contribution < 1.29 is 14.8 Å². The summed E-state index contributed by atoms with van der Waals surface area (Å²) >= 11 is 0. The zero-order chi connectivity index (χ0) is 15.8. The molecule has 122 valence electrons. The van der Waals surface area contributed by atoms with Crippen LogP contribution in [0.25, 0.3) is 0 Å². The Hall–Kier alpha value is -1.39. The van der Waals surface area contributed by atoms with Crippen LogP contribution in [0.3, 0.4) is 0 Å². The van der Waals surface area contributed by atoms with E-state index in [0.29, 0.717) is 6.42 Å². The molecule has 0 unspecified atom stereocenters. The van der Waals surface area contributed by atoms with E-state index in [0.717, 1.165) is 38.5 Å². The van der Waals surface area contributed by atoms with Crippen molar-refractivity contribution >= 4 is 5.97 Å². The van der Waals surface area contributed by atoms with Crippen LogP contribution >= 0.6 is 0 Å². The van der Waals surface area contributed by atoms with Crippen LogP contribution in [0.1, 0.15) is 77.0 Å². The zero-order valence-electron chi connectivity index (χ0n) is 13.0. The van der Waals surface area contributed by atoms with E-state index in [1.165, 1.54) is 25.7 Å². The Morgan fingerprint density at radius 2 is 1.33 bits per heavy atom. The second-order valence-corrected chi connectivity index (χ2v) is 5.43. The predicted octanol–water partition coefficient (Wildman–Crippen LogP) is 4.59. The molecule has 0 bridgehead atoms. The first kappa shape index (κ1) is 19.6. The number of aliphatic carboxylic acids is 1. The molecule has 0 fully saturated rings. The lowest BCUT2D eigenvalue weighted by Gasteiger charge is -1.99. The molecule has 0 aromatic rings. The summed E-state index contributed by atoms with van der Waals surface area (Å²) in [5.41, 5.74) is 0. The summed E-state index contributed by atoms with van der Waals surface area (Å²) in [7, 11) is 0. The fourth-order valence-electron chi connectivity index (χ4n) is 2.16. The van der Waals surface area contributed by atoms with Crippen molar-refractivity contribution in [3.8, 4) is 0 Å². The van der Waals surface area contributed by atoms with Crippen LogP contribution in [-0.4, -0.2) is 22.5 Å². The molecule has 0 aliphatic carbocycles. The van der Waals surface area contributed by atoms with Crippen LogP contribution < -0.4 is 0 Å². The van der Waals surface area contributed by atoms with Crippen molar-refractivity contribution in [3.05, 3.63) is 22.3 Å². The number of carbonyl (C=O) groups is 1.